The predicted molar refractivity (Wildman–Crippen MR) is 91.8 cm³/mol. The standard InChI is InChI=1S/C15H21N3O3S.ClH/c1-11(16)12-5-4-8-18(9-12)22(19,20)10-14-13-6-2-3-7-15(13)21-17-14;/h2-3,6-7,11-12H,4-5,8-10,16H2,1H3;1H. The Kier molecular flexibility index (Phi) is 5.67. The molecule has 23 heavy (non-hydrogen) atoms. The maximum Gasteiger partial charge on any atom is 0.220 e. The van der Waals surface area contributed by atoms with E-state index in [-0.39, 0.29) is 30.1 Å². The van der Waals surface area contributed by atoms with Crippen molar-refractivity contribution in [3.8, 4) is 0 Å². The van der Waals surface area contributed by atoms with E-state index in [1.54, 1.807) is 10.4 Å². The van der Waals surface area contributed by atoms with Gasteiger partial charge in [-0.3, -0.25) is 0 Å². The van der Waals surface area contributed by atoms with Gasteiger partial charge in [0.1, 0.15) is 11.4 Å². The maximum atomic E-state index is 12.7. The largest absolute Gasteiger partial charge is 0.356 e. The Morgan fingerprint density at radius 3 is 2.91 bits per heavy atom. The van der Waals surface area contributed by atoms with E-state index in [4.69, 9.17) is 10.3 Å². The Hall–Kier alpha value is -1.15. The van der Waals surface area contributed by atoms with Crippen LogP contribution in [-0.2, 0) is 15.8 Å². The number of nitrogens with zero attached hydrogens (tertiary/aromatic N) is 2. The Morgan fingerprint density at radius 2 is 2.17 bits per heavy atom. The maximum absolute atomic E-state index is 12.7. The summed E-state index contributed by atoms with van der Waals surface area (Å²) >= 11 is 0. The zero-order chi connectivity index (χ0) is 15.7. The number of piperidine rings is 1. The van der Waals surface area contributed by atoms with Crippen molar-refractivity contribution in [2.24, 2.45) is 11.7 Å². The monoisotopic (exact) mass is 359 g/mol. The molecule has 128 valence electrons. The first-order valence-corrected chi connectivity index (χ1v) is 9.15. The van der Waals surface area contributed by atoms with E-state index in [2.05, 4.69) is 5.16 Å². The molecule has 2 unspecified atom stereocenters. The minimum absolute atomic E-state index is 0. The summed E-state index contributed by atoms with van der Waals surface area (Å²) in [5, 5.41) is 4.68. The van der Waals surface area contributed by atoms with Crippen molar-refractivity contribution in [3.05, 3.63) is 30.0 Å². The highest BCUT2D eigenvalue weighted by molar-refractivity contribution is 7.88. The van der Waals surface area contributed by atoms with Crippen LogP contribution in [0, 0.1) is 5.92 Å². The van der Waals surface area contributed by atoms with Crippen LogP contribution in [-0.4, -0.2) is 37.0 Å². The fourth-order valence-corrected chi connectivity index (χ4v) is 4.52. The Morgan fingerprint density at radius 1 is 1.43 bits per heavy atom. The average Bonchev–Trinajstić information content (AvgIpc) is 2.90. The molecule has 3 rings (SSSR count). The first kappa shape index (κ1) is 18.2. The summed E-state index contributed by atoms with van der Waals surface area (Å²) in [4.78, 5) is 0. The number of para-hydroxylation sites is 1. The number of hydrogen-bond acceptors (Lipinski definition) is 5. The minimum Gasteiger partial charge on any atom is -0.356 e. The molecule has 1 saturated heterocycles. The molecule has 0 amide bonds. The molecule has 1 aliphatic rings. The molecular weight excluding hydrogens is 338 g/mol. The van der Waals surface area contributed by atoms with Crippen molar-refractivity contribution in [3.63, 3.8) is 0 Å². The molecule has 1 fully saturated rings. The third-order valence-electron chi connectivity index (χ3n) is 4.33. The van der Waals surface area contributed by atoms with E-state index < -0.39 is 10.0 Å². The zero-order valence-electron chi connectivity index (χ0n) is 13.0. The van der Waals surface area contributed by atoms with Gasteiger partial charge in [0.25, 0.3) is 0 Å². The van der Waals surface area contributed by atoms with Crippen LogP contribution in [0.2, 0.25) is 0 Å². The summed E-state index contributed by atoms with van der Waals surface area (Å²) in [6.07, 6.45) is 1.83. The van der Waals surface area contributed by atoms with Gasteiger partial charge < -0.3 is 10.3 Å². The number of hydrogen-bond donors (Lipinski definition) is 1. The molecule has 0 saturated carbocycles. The second kappa shape index (κ2) is 7.17. The Balaban J connectivity index is 0.00000192. The molecule has 0 spiro atoms. The van der Waals surface area contributed by atoms with Crippen molar-refractivity contribution in [2.45, 2.75) is 31.6 Å². The number of halogens is 1. The molecule has 1 aromatic carbocycles. The van der Waals surface area contributed by atoms with E-state index in [0.29, 0.717) is 24.4 Å². The van der Waals surface area contributed by atoms with Gasteiger partial charge in [-0.15, -0.1) is 12.4 Å². The highest BCUT2D eigenvalue weighted by atomic mass is 35.5. The molecule has 1 aromatic heterocycles. The summed E-state index contributed by atoms with van der Waals surface area (Å²) in [6, 6.07) is 7.31. The lowest BCUT2D eigenvalue weighted by Gasteiger charge is -2.33. The summed E-state index contributed by atoms with van der Waals surface area (Å²) < 4.78 is 32.1. The normalized spacial score (nSPS) is 21.0. The molecule has 1 aliphatic heterocycles. The van der Waals surface area contributed by atoms with Gasteiger partial charge in [0.15, 0.2) is 5.58 Å². The third-order valence-corrected chi connectivity index (χ3v) is 6.09. The SMILES string of the molecule is CC(N)C1CCCN(S(=O)(=O)Cc2noc3ccccc23)C1.Cl. The second-order valence-electron chi connectivity index (χ2n) is 6.00. The van der Waals surface area contributed by atoms with Gasteiger partial charge in [-0.2, -0.15) is 0 Å². The topological polar surface area (TPSA) is 89.4 Å². The van der Waals surface area contributed by atoms with Gasteiger partial charge in [-0.1, -0.05) is 17.3 Å². The lowest BCUT2D eigenvalue weighted by molar-refractivity contribution is 0.243. The van der Waals surface area contributed by atoms with Crippen LogP contribution in [0.1, 0.15) is 25.5 Å². The third kappa shape index (κ3) is 3.85. The fourth-order valence-electron chi connectivity index (χ4n) is 2.96. The predicted octanol–water partition coefficient (Wildman–Crippen LogP) is 2.14. The molecule has 0 bridgehead atoms. The van der Waals surface area contributed by atoms with Crippen molar-refractivity contribution >= 4 is 33.4 Å². The number of nitrogens with two attached hydrogens (primary N) is 1. The molecule has 2 heterocycles. The quantitative estimate of drug-likeness (QED) is 0.903. The highest BCUT2D eigenvalue weighted by Crippen LogP contribution is 2.25. The van der Waals surface area contributed by atoms with Gasteiger partial charge >= 0.3 is 0 Å². The van der Waals surface area contributed by atoms with Crippen LogP contribution in [0.25, 0.3) is 11.0 Å². The van der Waals surface area contributed by atoms with Gasteiger partial charge in [-0.25, -0.2) is 12.7 Å². The van der Waals surface area contributed by atoms with Crippen LogP contribution >= 0.6 is 12.4 Å². The van der Waals surface area contributed by atoms with Gasteiger partial charge in [0.2, 0.25) is 10.0 Å². The van der Waals surface area contributed by atoms with Crippen LogP contribution in [0.15, 0.2) is 28.8 Å². The molecule has 8 heteroatoms. The molecule has 6 nitrogen and oxygen atoms in total. The first-order chi connectivity index (χ1) is 10.5. The second-order valence-corrected chi connectivity index (χ2v) is 7.97. The lowest BCUT2D eigenvalue weighted by Crippen LogP contribution is -2.45. The first-order valence-electron chi connectivity index (χ1n) is 7.54. The van der Waals surface area contributed by atoms with E-state index >= 15 is 0 Å². The van der Waals surface area contributed by atoms with Crippen molar-refractivity contribution in [2.75, 3.05) is 13.1 Å². The van der Waals surface area contributed by atoms with E-state index in [0.717, 1.165) is 18.2 Å². The van der Waals surface area contributed by atoms with Gasteiger partial charge in [-0.05, 0) is 37.8 Å². The number of aromatic nitrogens is 1. The smallest absolute Gasteiger partial charge is 0.220 e. The molecule has 2 aromatic rings. The van der Waals surface area contributed by atoms with Gasteiger partial charge in [0, 0.05) is 24.5 Å². The summed E-state index contributed by atoms with van der Waals surface area (Å²) in [6.45, 7) is 2.99. The van der Waals surface area contributed by atoms with Crippen LogP contribution < -0.4 is 5.73 Å². The van der Waals surface area contributed by atoms with Crippen LogP contribution in [0.3, 0.4) is 0 Å². The fraction of sp³-hybridized carbons (Fsp3) is 0.533. The number of rotatable bonds is 4. The van der Waals surface area contributed by atoms with Crippen molar-refractivity contribution < 1.29 is 12.9 Å². The molecular formula is C15H22ClN3O3S. The lowest BCUT2D eigenvalue weighted by atomic mass is 9.93. The summed E-state index contributed by atoms with van der Waals surface area (Å²) in [5.74, 6) is 0.0907. The summed E-state index contributed by atoms with van der Waals surface area (Å²) in [5.41, 5.74) is 7.02. The number of benzene rings is 1. The average molecular weight is 360 g/mol. The Bertz CT molecular complexity index is 760. The van der Waals surface area contributed by atoms with E-state index in [1.165, 1.54) is 0 Å². The Labute approximate surface area is 142 Å². The number of fused-ring (bicyclic) bond motifs is 1. The number of sulfonamides is 1. The zero-order valence-corrected chi connectivity index (χ0v) is 14.6. The molecule has 2 N–H and O–H groups in total. The van der Waals surface area contributed by atoms with E-state index in [1.807, 2.05) is 25.1 Å². The minimum atomic E-state index is -3.41. The summed E-state index contributed by atoms with van der Waals surface area (Å²) in [7, 11) is -3.41. The van der Waals surface area contributed by atoms with Crippen molar-refractivity contribution in [1.29, 1.82) is 0 Å². The van der Waals surface area contributed by atoms with Crippen molar-refractivity contribution in [1.82, 2.24) is 9.46 Å². The molecule has 0 aliphatic carbocycles. The van der Waals surface area contributed by atoms with Gasteiger partial charge in [0.05, 0.1) is 0 Å². The molecule has 2 atom stereocenters. The van der Waals surface area contributed by atoms with Crippen LogP contribution in [0.4, 0.5) is 0 Å². The van der Waals surface area contributed by atoms with E-state index in [9.17, 15) is 8.42 Å². The van der Waals surface area contributed by atoms with Crippen LogP contribution in [0.5, 0.6) is 0 Å². The highest BCUT2D eigenvalue weighted by Gasteiger charge is 2.31. The molecule has 0 radical (unpaired) electrons.